The van der Waals surface area contributed by atoms with Crippen LogP contribution in [0.1, 0.15) is 20.3 Å². The van der Waals surface area contributed by atoms with E-state index in [0.717, 1.165) is 23.0 Å². The van der Waals surface area contributed by atoms with Crippen molar-refractivity contribution in [2.75, 3.05) is 7.11 Å². The molecule has 124 valence electrons. The summed E-state index contributed by atoms with van der Waals surface area (Å²) < 4.78 is 7.23. The van der Waals surface area contributed by atoms with Crippen LogP contribution in [0.2, 0.25) is 0 Å². The van der Waals surface area contributed by atoms with Crippen molar-refractivity contribution in [2.45, 2.75) is 26.8 Å². The molecule has 0 unspecified atom stereocenters. The molecule has 1 aromatic carbocycles. The molecule has 0 bridgehead atoms. The standard InChI is InChI=1S/C20H22N2O2/c1-14(2)10-12-22-19-15(7-6-11-21-19)13-17(20(22)23)16-8-4-5-9-18(16)24-3/h4-9,11,13-14H,10,12H2,1-3H3. The molecule has 0 fully saturated rings. The second-order valence-corrected chi connectivity index (χ2v) is 6.31. The Labute approximate surface area is 141 Å². The SMILES string of the molecule is COc1ccccc1-c1cc2cccnc2n(CCC(C)C)c1=O. The van der Waals surface area contributed by atoms with Crippen LogP contribution < -0.4 is 10.3 Å². The molecule has 0 saturated carbocycles. The van der Waals surface area contributed by atoms with Gasteiger partial charge in [-0.05, 0) is 36.6 Å². The van der Waals surface area contributed by atoms with Gasteiger partial charge in [0.1, 0.15) is 11.4 Å². The molecule has 0 aliphatic carbocycles. The van der Waals surface area contributed by atoms with E-state index in [2.05, 4.69) is 18.8 Å². The molecule has 0 amide bonds. The summed E-state index contributed by atoms with van der Waals surface area (Å²) in [6.45, 7) is 4.97. The zero-order valence-corrected chi connectivity index (χ0v) is 14.3. The van der Waals surface area contributed by atoms with Crippen molar-refractivity contribution in [2.24, 2.45) is 5.92 Å². The molecule has 0 aliphatic heterocycles. The molecule has 0 saturated heterocycles. The molecule has 0 spiro atoms. The summed E-state index contributed by atoms with van der Waals surface area (Å²) >= 11 is 0. The highest BCUT2D eigenvalue weighted by Crippen LogP contribution is 2.29. The van der Waals surface area contributed by atoms with E-state index in [0.29, 0.717) is 23.8 Å². The van der Waals surface area contributed by atoms with Crippen molar-refractivity contribution in [3.05, 3.63) is 59.0 Å². The second kappa shape index (κ2) is 6.87. The van der Waals surface area contributed by atoms with Crippen LogP contribution in [0.5, 0.6) is 5.75 Å². The molecule has 4 heteroatoms. The topological polar surface area (TPSA) is 44.1 Å². The van der Waals surface area contributed by atoms with Crippen LogP contribution in [-0.4, -0.2) is 16.7 Å². The fraction of sp³-hybridized carbons (Fsp3) is 0.300. The van der Waals surface area contributed by atoms with Gasteiger partial charge in [0.15, 0.2) is 0 Å². The van der Waals surface area contributed by atoms with Crippen LogP contribution in [0.3, 0.4) is 0 Å². The van der Waals surface area contributed by atoms with Gasteiger partial charge in [-0.3, -0.25) is 9.36 Å². The maximum absolute atomic E-state index is 13.1. The molecule has 3 aromatic rings. The first-order valence-corrected chi connectivity index (χ1v) is 8.23. The number of rotatable bonds is 5. The summed E-state index contributed by atoms with van der Waals surface area (Å²) in [5.41, 5.74) is 2.18. The summed E-state index contributed by atoms with van der Waals surface area (Å²) in [4.78, 5) is 17.6. The average molecular weight is 322 g/mol. The van der Waals surface area contributed by atoms with Gasteiger partial charge < -0.3 is 4.74 Å². The number of para-hydroxylation sites is 1. The molecular formula is C20H22N2O2. The monoisotopic (exact) mass is 322 g/mol. The van der Waals surface area contributed by atoms with E-state index in [1.807, 2.05) is 42.5 Å². The van der Waals surface area contributed by atoms with Gasteiger partial charge in [0, 0.05) is 23.7 Å². The minimum Gasteiger partial charge on any atom is -0.496 e. The van der Waals surface area contributed by atoms with Crippen LogP contribution in [0.15, 0.2) is 53.5 Å². The minimum absolute atomic E-state index is 0.0219. The number of ether oxygens (including phenoxy) is 1. The van der Waals surface area contributed by atoms with Gasteiger partial charge in [-0.1, -0.05) is 32.0 Å². The third kappa shape index (κ3) is 3.04. The molecule has 0 aliphatic rings. The number of aromatic nitrogens is 2. The lowest BCUT2D eigenvalue weighted by atomic mass is 10.0. The fourth-order valence-electron chi connectivity index (χ4n) is 2.86. The Bertz CT molecular complexity index is 913. The summed E-state index contributed by atoms with van der Waals surface area (Å²) in [5.74, 6) is 1.22. The Morgan fingerprint density at radius 1 is 1.12 bits per heavy atom. The van der Waals surface area contributed by atoms with E-state index in [9.17, 15) is 4.79 Å². The van der Waals surface area contributed by atoms with Gasteiger partial charge in [0.05, 0.1) is 12.7 Å². The van der Waals surface area contributed by atoms with Gasteiger partial charge >= 0.3 is 0 Å². The van der Waals surface area contributed by atoms with Crippen LogP contribution >= 0.6 is 0 Å². The van der Waals surface area contributed by atoms with Crippen LogP contribution in [-0.2, 0) is 6.54 Å². The Morgan fingerprint density at radius 3 is 2.67 bits per heavy atom. The lowest BCUT2D eigenvalue weighted by Gasteiger charge is -2.14. The number of methoxy groups -OCH3 is 1. The third-order valence-electron chi connectivity index (χ3n) is 4.18. The van der Waals surface area contributed by atoms with Gasteiger partial charge in [-0.2, -0.15) is 0 Å². The predicted octanol–water partition coefficient (Wildman–Crippen LogP) is 4.12. The quantitative estimate of drug-likeness (QED) is 0.710. The molecule has 0 radical (unpaired) electrons. The van der Waals surface area contributed by atoms with Gasteiger partial charge in [-0.25, -0.2) is 4.98 Å². The highest BCUT2D eigenvalue weighted by Gasteiger charge is 2.15. The van der Waals surface area contributed by atoms with Crippen LogP contribution in [0.4, 0.5) is 0 Å². The highest BCUT2D eigenvalue weighted by molar-refractivity contribution is 5.82. The summed E-state index contributed by atoms with van der Waals surface area (Å²) in [7, 11) is 1.62. The molecular weight excluding hydrogens is 300 g/mol. The maximum atomic E-state index is 13.1. The molecule has 4 nitrogen and oxygen atoms in total. The molecule has 24 heavy (non-hydrogen) atoms. The van der Waals surface area contributed by atoms with E-state index in [-0.39, 0.29) is 5.56 Å². The number of fused-ring (bicyclic) bond motifs is 1. The van der Waals surface area contributed by atoms with E-state index in [1.165, 1.54) is 0 Å². The molecule has 2 heterocycles. The summed E-state index contributed by atoms with van der Waals surface area (Å²) in [6, 6.07) is 13.4. The highest BCUT2D eigenvalue weighted by atomic mass is 16.5. The number of benzene rings is 1. The zero-order valence-electron chi connectivity index (χ0n) is 14.3. The Morgan fingerprint density at radius 2 is 1.92 bits per heavy atom. The Hall–Kier alpha value is -2.62. The molecule has 0 atom stereocenters. The maximum Gasteiger partial charge on any atom is 0.260 e. The van der Waals surface area contributed by atoms with Crippen molar-refractivity contribution in [3.8, 4) is 16.9 Å². The largest absolute Gasteiger partial charge is 0.496 e. The van der Waals surface area contributed by atoms with Crippen LogP contribution in [0.25, 0.3) is 22.2 Å². The normalized spacial score (nSPS) is 11.2. The smallest absolute Gasteiger partial charge is 0.260 e. The number of aryl methyl sites for hydroxylation is 1. The first-order valence-electron chi connectivity index (χ1n) is 8.23. The lowest BCUT2D eigenvalue weighted by molar-refractivity contribution is 0.416. The predicted molar refractivity (Wildman–Crippen MR) is 97.4 cm³/mol. The van der Waals surface area contributed by atoms with Gasteiger partial charge in [0.2, 0.25) is 0 Å². The van der Waals surface area contributed by atoms with Crippen molar-refractivity contribution in [1.29, 1.82) is 0 Å². The Kier molecular flexibility index (Phi) is 4.65. The first kappa shape index (κ1) is 16.2. The van der Waals surface area contributed by atoms with E-state index in [4.69, 9.17) is 4.74 Å². The average Bonchev–Trinajstić information content (AvgIpc) is 2.60. The summed E-state index contributed by atoms with van der Waals surface area (Å²) in [6.07, 6.45) is 2.66. The van der Waals surface area contributed by atoms with Gasteiger partial charge in [-0.15, -0.1) is 0 Å². The Balaban J connectivity index is 2.26. The van der Waals surface area contributed by atoms with E-state index < -0.39 is 0 Å². The second-order valence-electron chi connectivity index (χ2n) is 6.31. The van der Waals surface area contributed by atoms with Gasteiger partial charge in [0.25, 0.3) is 5.56 Å². The van der Waals surface area contributed by atoms with Crippen molar-refractivity contribution in [1.82, 2.24) is 9.55 Å². The molecule has 2 aromatic heterocycles. The van der Waals surface area contributed by atoms with Crippen molar-refractivity contribution < 1.29 is 4.74 Å². The fourth-order valence-corrected chi connectivity index (χ4v) is 2.86. The minimum atomic E-state index is -0.0219. The van der Waals surface area contributed by atoms with Crippen molar-refractivity contribution in [3.63, 3.8) is 0 Å². The number of pyridine rings is 2. The molecule has 0 N–H and O–H groups in total. The number of hydrogen-bond acceptors (Lipinski definition) is 3. The number of hydrogen-bond donors (Lipinski definition) is 0. The summed E-state index contributed by atoms with van der Waals surface area (Å²) in [5, 5.41) is 0.960. The zero-order chi connectivity index (χ0) is 17.1. The van der Waals surface area contributed by atoms with E-state index >= 15 is 0 Å². The number of nitrogens with zero attached hydrogens (tertiary/aromatic N) is 2. The van der Waals surface area contributed by atoms with Crippen molar-refractivity contribution >= 4 is 11.0 Å². The lowest BCUT2D eigenvalue weighted by Crippen LogP contribution is -2.23. The third-order valence-corrected chi connectivity index (χ3v) is 4.18. The van der Waals surface area contributed by atoms with Crippen LogP contribution in [0, 0.1) is 5.92 Å². The van der Waals surface area contributed by atoms with E-state index in [1.54, 1.807) is 17.9 Å². The first-order chi connectivity index (χ1) is 11.6. The molecule has 3 rings (SSSR count).